The molecule has 0 N–H and O–H groups in total. The fraction of sp³-hybridized carbons (Fsp3) is 0.588. The Kier molecular flexibility index (Phi) is 4.01. The third-order valence-electron chi connectivity index (χ3n) is 4.98. The van der Waals surface area contributed by atoms with E-state index in [1.807, 2.05) is 13.8 Å². The summed E-state index contributed by atoms with van der Waals surface area (Å²) in [6.07, 6.45) is 1.64. The second kappa shape index (κ2) is 6.22. The summed E-state index contributed by atoms with van der Waals surface area (Å²) in [5, 5.41) is 8.36. The molecule has 0 spiro atoms. The first-order valence-electron chi connectivity index (χ1n) is 8.93. The van der Waals surface area contributed by atoms with Gasteiger partial charge in [-0.1, -0.05) is 19.0 Å². The minimum atomic E-state index is -0.236. The molecule has 26 heavy (non-hydrogen) atoms. The van der Waals surface area contributed by atoms with Gasteiger partial charge in [0.05, 0.1) is 6.54 Å². The van der Waals surface area contributed by atoms with Crippen LogP contribution in [0.3, 0.4) is 0 Å². The van der Waals surface area contributed by atoms with Crippen LogP contribution in [0.25, 0.3) is 0 Å². The molecule has 9 nitrogen and oxygen atoms in total. The van der Waals surface area contributed by atoms with Crippen molar-refractivity contribution in [3.8, 4) is 0 Å². The van der Waals surface area contributed by atoms with Crippen LogP contribution in [-0.4, -0.2) is 61.7 Å². The second-order valence-corrected chi connectivity index (χ2v) is 7.17. The molecule has 2 amide bonds. The van der Waals surface area contributed by atoms with Crippen molar-refractivity contribution in [1.82, 2.24) is 29.7 Å². The molecule has 2 aromatic rings. The zero-order valence-corrected chi connectivity index (χ0v) is 15.2. The van der Waals surface area contributed by atoms with Crippen LogP contribution in [0, 0.1) is 0 Å². The van der Waals surface area contributed by atoms with Gasteiger partial charge in [-0.2, -0.15) is 10.1 Å². The zero-order valence-electron chi connectivity index (χ0n) is 15.2. The fourth-order valence-corrected chi connectivity index (χ4v) is 3.44. The molecule has 9 heteroatoms. The normalized spacial score (nSPS) is 20.2. The van der Waals surface area contributed by atoms with Crippen LogP contribution in [-0.2, 0) is 6.54 Å². The average molecular weight is 358 g/mol. The summed E-state index contributed by atoms with van der Waals surface area (Å²) in [5.41, 5.74) is 0.747. The Labute approximate surface area is 150 Å². The average Bonchev–Trinajstić information content (AvgIpc) is 3.35. The van der Waals surface area contributed by atoms with Gasteiger partial charge in [-0.05, 0) is 12.8 Å². The van der Waals surface area contributed by atoms with Crippen molar-refractivity contribution in [2.45, 2.75) is 45.2 Å². The number of rotatable bonds is 3. The smallest absolute Gasteiger partial charge is 0.275 e. The van der Waals surface area contributed by atoms with E-state index in [-0.39, 0.29) is 23.8 Å². The molecule has 0 unspecified atom stereocenters. The van der Waals surface area contributed by atoms with E-state index in [1.54, 1.807) is 27.6 Å². The van der Waals surface area contributed by atoms with Gasteiger partial charge >= 0.3 is 0 Å². The Balaban J connectivity index is 1.59. The van der Waals surface area contributed by atoms with E-state index in [9.17, 15) is 9.59 Å². The summed E-state index contributed by atoms with van der Waals surface area (Å²) in [4.78, 5) is 33.0. The minimum absolute atomic E-state index is 0.112. The van der Waals surface area contributed by atoms with Crippen LogP contribution in [0.2, 0.25) is 0 Å². The molecular weight excluding hydrogens is 336 g/mol. The van der Waals surface area contributed by atoms with Gasteiger partial charge in [-0.3, -0.25) is 14.3 Å². The van der Waals surface area contributed by atoms with E-state index in [0.29, 0.717) is 42.7 Å². The highest BCUT2D eigenvalue weighted by molar-refractivity contribution is 5.98. The number of fused-ring (bicyclic) bond motifs is 1. The first-order valence-corrected chi connectivity index (χ1v) is 8.93. The minimum Gasteiger partial charge on any atom is -0.339 e. The van der Waals surface area contributed by atoms with Gasteiger partial charge < -0.3 is 14.3 Å². The third-order valence-corrected chi connectivity index (χ3v) is 4.98. The highest BCUT2D eigenvalue weighted by Crippen LogP contribution is 2.32. The lowest BCUT2D eigenvalue weighted by atomic mass is 10.2. The summed E-state index contributed by atoms with van der Waals surface area (Å²) in [5.74, 6) is 0.971. The van der Waals surface area contributed by atoms with Crippen molar-refractivity contribution in [3.05, 3.63) is 29.2 Å². The van der Waals surface area contributed by atoms with Gasteiger partial charge in [-0.25, -0.2) is 0 Å². The maximum atomic E-state index is 13.0. The predicted octanol–water partition coefficient (Wildman–Crippen LogP) is 1.45. The number of likely N-dealkylation sites (N-methyl/N-ethyl adjacent to an activating group) is 1. The topological polar surface area (TPSA) is 97.4 Å². The van der Waals surface area contributed by atoms with Gasteiger partial charge in [-0.15, -0.1) is 0 Å². The van der Waals surface area contributed by atoms with Crippen molar-refractivity contribution in [2.24, 2.45) is 0 Å². The first-order chi connectivity index (χ1) is 12.5. The van der Waals surface area contributed by atoms with Crippen LogP contribution >= 0.6 is 0 Å². The number of carbonyl (C=O) groups excluding carboxylic acids is 2. The lowest BCUT2D eigenvalue weighted by molar-refractivity contribution is 0.0699. The number of carbonyl (C=O) groups is 2. The Hall–Kier alpha value is -2.71. The quantitative estimate of drug-likeness (QED) is 0.824. The standard InChI is InChI=1S/C17H22N6O3/c1-10(2)14-18-15(26-20-14)12-5-4-6-22(12)16(24)11-9-13-17(25)21(3)7-8-23(13)19-11/h9-10,12H,4-8H2,1-3H3/t12-/m0/s1. The van der Waals surface area contributed by atoms with Crippen molar-refractivity contribution in [1.29, 1.82) is 0 Å². The highest BCUT2D eigenvalue weighted by Gasteiger charge is 2.36. The molecule has 0 aromatic carbocycles. The molecule has 0 aliphatic carbocycles. The first kappa shape index (κ1) is 16.7. The number of aromatic nitrogens is 4. The third kappa shape index (κ3) is 2.67. The highest BCUT2D eigenvalue weighted by atomic mass is 16.5. The van der Waals surface area contributed by atoms with E-state index in [1.165, 1.54) is 0 Å². The monoisotopic (exact) mass is 358 g/mol. The van der Waals surface area contributed by atoms with Crippen molar-refractivity contribution in [2.75, 3.05) is 20.1 Å². The van der Waals surface area contributed by atoms with E-state index >= 15 is 0 Å². The number of hydrogen-bond donors (Lipinski definition) is 0. The molecule has 138 valence electrons. The molecule has 1 atom stereocenters. The van der Waals surface area contributed by atoms with Crippen molar-refractivity contribution in [3.63, 3.8) is 0 Å². The molecule has 0 radical (unpaired) electrons. The van der Waals surface area contributed by atoms with Gasteiger partial charge in [0.25, 0.3) is 11.8 Å². The Morgan fingerprint density at radius 1 is 1.31 bits per heavy atom. The van der Waals surface area contributed by atoms with E-state index in [4.69, 9.17) is 4.52 Å². The van der Waals surface area contributed by atoms with E-state index in [0.717, 1.165) is 12.8 Å². The SMILES string of the molecule is CC(C)c1noc([C@@H]2CCCN2C(=O)c2cc3n(n2)CCN(C)C3=O)n1. The number of likely N-dealkylation sites (tertiary alicyclic amines) is 1. The summed E-state index contributed by atoms with van der Waals surface area (Å²) < 4.78 is 7.01. The molecule has 2 aliphatic rings. The number of amides is 2. The summed E-state index contributed by atoms with van der Waals surface area (Å²) in [6, 6.07) is 1.35. The molecule has 4 rings (SSSR count). The van der Waals surface area contributed by atoms with Crippen LogP contribution < -0.4 is 0 Å². The largest absolute Gasteiger partial charge is 0.339 e. The zero-order chi connectivity index (χ0) is 18.4. The van der Waals surface area contributed by atoms with Gasteiger partial charge in [0.15, 0.2) is 11.5 Å². The predicted molar refractivity (Wildman–Crippen MR) is 90.6 cm³/mol. The molecule has 1 saturated heterocycles. The molecule has 1 fully saturated rings. The summed E-state index contributed by atoms with van der Waals surface area (Å²) in [7, 11) is 1.75. The van der Waals surface area contributed by atoms with Crippen molar-refractivity contribution < 1.29 is 14.1 Å². The van der Waals surface area contributed by atoms with Gasteiger partial charge in [0.1, 0.15) is 11.7 Å². The molecule has 4 heterocycles. The van der Waals surface area contributed by atoms with Crippen LogP contribution in [0.5, 0.6) is 0 Å². The Morgan fingerprint density at radius 3 is 2.85 bits per heavy atom. The molecule has 2 aliphatic heterocycles. The molecule has 0 bridgehead atoms. The molecule has 2 aromatic heterocycles. The lowest BCUT2D eigenvalue weighted by Gasteiger charge is -2.22. The Bertz CT molecular complexity index is 855. The molecule has 0 saturated carbocycles. The lowest BCUT2D eigenvalue weighted by Crippen LogP contribution is -2.37. The second-order valence-electron chi connectivity index (χ2n) is 7.17. The summed E-state index contributed by atoms with van der Waals surface area (Å²) >= 11 is 0. The van der Waals surface area contributed by atoms with E-state index in [2.05, 4.69) is 15.2 Å². The number of hydrogen-bond acceptors (Lipinski definition) is 6. The number of nitrogens with zero attached hydrogens (tertiary/aromatic N) is 6. The van der Waals surface area contributed by atoms with Gasteiger partial charge in [0.2, 0.25) is 5.89 Å². The van der Waals surface area contributed by atoms with Crippen LogP contribution in [0.4, 0.5) is 0 Å². The fourth-order valence-electron chi connectivity index (χ4n) is 3.44. The van der Waals surface area contributed by atoms with Crippen LogP contribution in [0.15, 0.2) is 10.6 Å². The Morgan fingerprint density at radius 2 is 2.12 bits per heavy atom. The van der Waals surface area contributed by atoms with E-state index < -0.39 is 0 Å². The van der Waals surface area contributed by atoms with Gasteiger partial charge in [0, 0.05) is 32.1 Å². The van der Waals surface area contributed by atoms with Crippen LogP contribution in [0.1, 0.15) is 71.3 Å². The van der Waals surface area contributed by atoms with Crippen molar-refractivity contribution >= 4 is 11.8 Å². The maximum absolute atomic E-state index is 13.0. The maximum Gasteiger partial charge on any atom is 0.275 e. The molecular formula is C17H22N6O3. The summed E-state index contributed by atoms with van der Waals surface area (Å²) in [6.45, 7) is 5.79.